The average molecular weight is 1030 g/mol. The van der Waals surface area contributed by atoms with Gasteiger partial charge in [-0.3, -0.25) is 23.9 Å². The van der Waals surface area contributed by atoms with E-state index in [1.54, 1.807) is 68.4 Å². The normalized spacial score (nSPS) is 18.4. The fourth-order valence-electron chi connectivity index (χ4n) is 9.40. The number of nitrogens with zero attached hydrogens (tertiary/aromatic N) is 6. The lowest BCUT2D eigenvalue weighted by atomic mass is 9.77. The van der Waals surface area contributed by atoms with Crippen molar-refractivity contribution in [3.63, 3.8) is 0 Å². The van der Waals surface area contributed by atoms with Crippen LogP contribution in [0.15, 0.2) is 78.7 Å². The maximum absolute atomic E-state index is 15.0. The van der Waals surface area contributed by atoms with Crippen LogP contribution in [0.2, 0.25) is 10.0 Å². The molecule has 2 aliphatic heterocycles. The summed E-state index contributed by atoms with van der Waals surface area (Å²) in [5, 5.41) is 20.9. The summed E-state index contributed by atoms with van der Waals surface area (Å²) < 4.78 is 52.6. The molecule has 14 nitrogen and oxygen atoms in total. The van der Waals surface area contributed by atoms with Crippen molar-refractivity contribution in [1.82, 2.24) is 39.8 Å². The zero-order valence-electron chi connectivity index (χ0n) is 40.0. The molecule has 71 heavy (non-hydrogen) atoms. The predicted molar refractivity (Wildman–Crippen MR) is 263 cm³/mol. The maximum Gasteiger partial charge on any atom is 0.435 e. The second kappa shape index (κ2) is 20.2. The number of Topliss-reactive ketones (excluding diaryl/α,β-unsaturated/α-hetero) is 1. The van der Waals surface area contributed by atoms with Gasteiger partial charge in [0.1, 0.15) is 23.7 Å². The molecule has 6 aromatic rings. The van der Waals surface area contributed by atoms with E-state index < -0.39 is 76.9 Å². The minimum absolute atomic E-state index is 0.00552. The summed E-state index contributed by atoms with van der Waals surface area (Å²) >= 11 is 14.4. The number of aromatic nitrogens is 5. The van der Waals surface area contributed by atoms with Gasteiger partial charge >= 0.3 is 6.18 Å². The number of carbonyl (C=O) groups is 4. The zero-order valence-corrected chi connectivity index (χ0v) is 42.3. The van der Waals surface area contributed by atoms with Gasteiger partial charge in [-0.25, -0.2) is 9.97 Å². The summed E-state index contributed by atoms with van der Waals surface area (Å²) in [6, 6.07) is 12.9. The third-order valence-electron chi connectivity index (χ3n) is 13.1. The first-order valence-corrected chi connectivity index (χ1v) is 24.6. The molecular formula is C51H53Cl2F3N8O6S. The van der Waals surface area contributed by atoms with E-state index in [2.05, 4.69) is 25.7 Å². The highest BCUT2D eigenvalue weighted by molar-refractivity contribution is 7.13. The second-order valence-electron chi connectivity index (χ2n) is 19.3. The van der Waals surface area contributed by atoms with E-state index in [-0.39, 0.29) is 65.0 Å². The molecule has 0 bridgehead atoms. The van der Waals surface area contributed by atoms with Crippen LogP contribution >= 0.6 is 34.5 Å². The molecule has 1 fully saturated rings. The van der Waals surface area contributed by atoms with E-state index in [0.717, 1.165) is 26.4 Å². The topological polar surface area (TPSA) is 174 Å². The first-order chi connectivity index (χ1) is 33.5. The summed E-state index contributed by atoms with van der Waals surface area (Å²) in [7, 11) is 1.37. The van der Waals surface area contributed by atoms with Gasteiger partial charge in [0.2, 0.25) is 17.7 Å². The highest BCUT2D eigenvalue weighted by Crippen LogP contribution is 2.46. The monoisotopic (exact) mass is 1030 g/mol. The van der Waals surface area contributed by atoms with Gasteiger partial charge < -0.3 is 29.9 Å². The third kappa shape index (κ3) is 10.9. The van der Waals surface area contributed by atoms with Gasteiger partial charge in [-0.05, 0) is 72.7 Å². The van der Waals surface area contributed by atoms with Gasteiger partial charge in [0.15, 0.2) is 11.5 Å². The maximum atomic E-state index is 15.0. The first kappa shape index (κ1) is 51.3. The first-order valence-electron chi connectivity index (χ1n) is 22.9. The van der Waals surface area contributed by atoms with Crippen molar-refractivity contribution in [3.05, 3.63) is 128 Å². The lowest BCUT2D eigenvalue weighted by Gasteiger charge is -2.36. The van der Waals surface area contributed by atoms with E-state index in [1.807, 2.05) is 38.1 Å². The SMILES string of the molecule is Cc1ncsc1-c1ccc([C@H](C)NC(=O)[C@@H]2C[C@@H](O)CN2C(=O)[C@@H](NC(=O)CC(c2ccc(Cl)c(Cl)c2)C2COc3c(cc(Cn4ccnc4C)cc3-c3cn(C)nc3C(F)(F)F)C2=O)C(C)(C)C)cc1. The number of ether oxygens (including phenoxy) is 1. The Balaban J connectivity index is 1.06. The number of hydrogen-bond donors (Lipinski definition) is 3. The third-order valence-corrected chi connectivity index (χ3v) is 14.9. The fourth-order valence-corrected chi connectivity index (χ4v) is 10.5. The number of halogens is 5. The molecule has 0 spiro atoms. The number of hydrogen-bond acceptors (Lipinski definition) is 10. The molecule has 2 unspecified atom stereocenters. The number of nitrogens with one attached hydrogen (secondary N) is 2. The summed E-state index contributed by atoms with van der Waals surface area (Å²) in [5.41, 5.74) is 3.13. The Morgan fingerprint density at radius 3 is 2.30 bits per heavy atom. The number of aliphatic hydroxyl groups is 1. The van der Waals surface area contributed by atoms with E-state index in [9.17, 15) is 32.7 Å². The Labute approximate surface area is 422 Å². The van der Waals surface area contributed by atoms with Crippen molar-refractivity contribution in [1.29, 1.82) is 0 Å². The van der Waals surface area contributed by atoms with E-state index >= 15 is 4.79 Å². The molecule has 5 heterocycles. The van der Waals surface area contributed by atoms with Crippen molar-refractivity contribution in [2.24, 2.45) is 18.4 Å². The van der Waals surface area contributed by atoms with E-state index in [0.29, 0.717) is 17.0 Å². The van der Waals surface area contributed by atoms with Gasteiger partial charge in [-0.1, -0.05) is 74.3 Å². The van der Waals surface area contributed by atoms with Gasteiger partial charge in [0.25, 0.3) is 0 Å². The van der Waals surface area contributed by atoms with Gasteiger partial charge in [0.05, 0.1) is 56.4 Å². The van der Waals surface area contributed by atoms with Gasteiger partial charge in [-0.2, -0.15) is 18.3 Å². The highest BCUT2D eigenvalue weighted by atomic mass is 35.5. The number of rotatable bonds is 13. The van der Waals surface area contributed by atoms with Crippen LogP contribution in [0.4, 0.5) is 13.2 Å². The number of likely N-dealkylation sites (tertiary alicyclic amines) is 1. The molecule has 3 aromatic heterocycles. The Bertz CT molecular complexity index is 3000. The van der Waals surface area contributed by atoms with Crippen molar-refractivity contribution >= 4 is 58.0 Å². The molecule has 2 aliphatic rings. The summed E-state index contributed by atoms with van der Waals surface area (Å²) in [5.74, 6) is -3.65. The molecule has 8 rings (SSSR count). The van der Waals surface area contributed by atoms with Crippen molar-refractivity contribution in [2.45, 2.75) is 97.3 Å². The van der Waals surface area contributed by atoms with Crippen LogP contribution in [0.25, 0.3) is 21.6 Å². The van der Waals surface area contributed by atoms with Crippen LogP contribution in [0.1, 0.15) is 96.8 Å². The molecule has 0 aliphatic carbocycles. The number of thiazole rings is 1. The second-order valence-corrected chi connectivity index (χ2v) is 21.0. The summed E-state index contributed by atoms with van der Waals surface area (Å²) in [4.78, 5) is 69.2. The molecule has 3 N–H and O–H groups in total. The molecule has 0 radical (unpaired) electrons. The van der Waals surface area contributed by atoms with Crippen molar-refractivity contribution in [2.75, 3.05) is 13.2 Å². The number of ketones is 1. The number of aliphatic hydroxyl groups excluding tert-OH is 1. The van der Waals surface area contributed by atoms with E-state index in [4.69, 9.17) is 27.9 Å². The Kier molecular flexibility index (Phi) is 14.6. The van der Waals surface area contributed by atoms with Crippen LogP contribution in [0.3, 0.4) is 0 Å². The molecule has 3 aromatic carbocycles. The van der Waals surface area contributed by atoms with Crippen LogP contribution in [-0.2, 0) is 34.2 Å². The predicted octanol–water partition coefficient (Wildman–Crippen LogP) is 9.13. The smallest absolute Gasteiger partial charge is 0.435 e. The average Bonchev–Trinajstić information content (AvgIpc) is 4.12. The Hall–Kier alpha value is -6.08. The van der Waals surface area contributed by atoms with Crippen molar-refractivity contribution in [3.8, 4) is 27.3 Å². The number of alkyl halides is 3. The molecule has 1 saturated heterocycles. The highest BCUT2D eigenvalue weighted by Gasteiger charge is 2.46. The van der Waals surface area contributed by atoms with E-state index in [1.165, 1.54) is 41.6 Å². The van der Waals surface area contributed by atoms with Gasteiger partial charge in [-0.15, -0.1) is 11.3 Å². The van der Waals surface area contributed by atoms with Crippen LogP contribution in [-0.4, -0.2) is 89.2 Å². The number of fused-ring (bicyclic) bond motifs is 1. The standard InChI is InChI=1S/C51H53Cl2F3N8O6S/c1-26(30-8-10-31(11-9-30)45-27(2)58-25-71-45)59-48(68)41-19-33(65)22-64(41)49(69)47(50(4,5)6)60-42(66)20-34(32-12-13-39(52)40(53)18-32)38-24-70-44-35(37-23-62(7)61-46(37)51(54,55)56)16-29(17-36(44)43(38)67)21-63-15-14-57-28(63)3/h8-18,23,25-26,33-34,38,41,47,65H,19-22,24H2,1-7H3,(H,59,68)(H,60,66)/t26-,33+,34?,38?,41-,47+/m0/s1. The number of aryl methyl sites for hydroxylation is 3. The number of amides is 3. The van der Waals surface area contributed by atoms with Crippen LogP contribution in [0, 0.1) is 25.2 Å². The summed E-state index contributed by atoms with van der Waals surface area (Å²) in [6.07, 6.45) is -1.72. The van der Waals surface area contributed by atoms with Crippen LogP contribution in [0.5, 0.6) is 5.75 Å². The zero-order chi connectivity index (χ0) is 51.3. The van der Waals surface area contributed by atoms with Gasteiger partial charge in [0, 0.05) is 68.6 Å². The number of imidazole rings is 1. The van der Waals surface area contributed by atoms with Crippen molar-refractivity contribution < 1.29 is 42.2 Å². The minimum atomic E-state index is -4.84. The largest absolute Gasteiger partial charge is 0.491 e. The molecule has 20 heteroatoms. The number of β-amino-alcohol motifs (C(OH)–C–C–N with tert-alkyl or cyclic N) is 1. The fraction of sp³-hybridized carbons (Fsp3) is 0.392. The molecule has 0 saturated carbocycles. The molecule has 374 valence electrons. The van der Waals surface area contributed by atoms with Crippen LogP contribution < -0.4 is 15.4 Å². The Morgan fingerprint density at radius 1 is 0.958 bits per heavy atom. The number of carbonyl (C=O) groups excluding carboxylic acids is 4. The minimum Gasteiger partial charge on any atom is -0.491 e. The summed E-state index contributed by atoms with van der Waals surface area (Å²) in [6.45, 7) is 10.5. The quantitative estimate of drug-likeness (QED) is 0.102. The lowest BCUT2D eigenvalue weighted by Crippen LogP contribution is -2.58. The number of benzene rings is 3. The molecule has 3 amide bonds. The molecule has 6 atom stereocenters. The molecular weight excluding hydrogens is 981 g/mol. The Morgan fingerprint density at radius 2 is 1.66 bits per heavy atom. The lowest BCUT2D eigenvalue weighted by molar-refractivity contribution is -0.144.